The van der Waals surface area contributed by atoms with E-state index in [2.05, 4.69) is 89.3 Å². The molecule has 73 heavy (non-hydrogen) atoms. The van der Waals surface area contributed by atoms with Crippen LogP contribution in [0.3, 0.4) is 0 Å². The van der Waals surface area contributed by atoms with Crippen LogP contribution >= 0.6 is 11.5 Å². The molecule has 4 aromatic rings. The van der Waals surface area contributed by atoms with Crippen molar-refractivity contribution in [1.29, 1.82) is 0 Å². The molecule has 3 atom stereocenters. The molecule has 17 nitrogen and oxygen atoms in total. The maximum atomic E-state index is 14.1. The highest BCUT2D eigenvalue weighted by Gasteiger charge is 2.57. The summed E-state index contributed by atoms with van der Waals surface area (Å²) in [7, 11) is 0.294. The Balaban J connectivity index is 1.19. The summed E-state index contributed by atoms with van der Waals surface area (Å²) in [5, 5.41) is 15.3. The molecule has 3 aliphatic heterocycles. The van der Waals surface area contributed by atoms with Gasteiger partial charge in [0.1, 0.15) is 16.7 Å². The second kappa shape index (κ2) is 21.9. The van der Waals surface area contributed by atoms with Gasteiger partial charge in [-0.1, -0.05) is 33.5 Å². The number of hydrogen-bond donors (Lipinski definition) is 2. The Hall–Kier alpha value is -4.66. The number of ether oxygens (including phenoxy) is 4. The minimum atomic E-state index is -1.43. The highest BCUT2D eigenvalue weighted by molar-refractivity contribution is 7.09. The summed E-state index contributed by atoms with van der Waals surface area (Å²) in [4.78, 5) is 60.7. The van der Waals surface area contributed by atoms with Crippen LogP contribution in [0.1, 0.15) is 110 Å². The largest absolute Gasteiger partial charge is 0.464 e. The summed E-state index contributed by atoms with van der Waals surface area (Å²) >= 11 is 1.23. The van der Waals surface area contributed by atoms with E-state index in [1.165, 1.54) is 24.4 Å². The lowest BCUT2D eigenvalue weighted by molar-refractivity contribution is -0.150. The first-order valence-electron chi connectivity index (χ1n) is 26.5. The van der Waals surface area contributed by atoms with Gasteiger partial charge in [0.15, 0.2) is 11.9 Å². The fraction of sp³-hybridized carbons (Fsp3) is 0.667. The van der Waals surface area contributed by atoms with Gasteiger partial charge < -0.3 is 38.8 Å². The van der Waals surface area contributed by atoms with E-state index in [4.69, 9.17) is 33.3 Å². The number of nitrogens with zero attached hydrogens (tertiary/aromatic N) is 8. The van der Waals surface area contributed by atoms with Gasteiger partial charge in [-0.3, -0.25) is 19.7 Å². The number of aliphatic hydroxyl groups is 1. The van der Waals surface area contributed by atoms with Crippen LogP contribution < -0.4 is 10.2 Å². The van der Waals surface area contributed by atoms with Crippen molar-refractivity contribution in [3.8, 4) is 21.8 Å². The molecule has 2 unspecified atom stereocenters. The summed E-state index contributed by atoms with van der Waals surface area (Å²) in [6.07, 6.45) is 5.41. The molecule has 0 radical (unpaired) electrons. The smallest absolute Gasteiger partial charge is 0.410 e. The number of anilines is 1. The average molecular weight is 1040 g/mol. The van der Waals surface area contributed by atoms with Gasteiger partial charge >= 0.3 is 18.2 Å². The van der Waals surface area contributed by atoms with Gasteiger partial charge in [0.05, 0.1) is 48.1 Å². The van der Waals surface area contributed by atoms with E-state index in [1.807, 2.05) is 18.0 Å². The molecule has 3 saturated heterocycles. The number of esters is 1. The number of likely N-dealkylation sites (tertiary alicyclic amines) is 2. The second-order valence-electron chi connectivity index (χ2n) is 23.6. The Labute approximate surface area is 437 Å². The van der Waals surface area contributed by atoms with Crippen LogP contribution in [0.4, 0.5) is 15.3 Å². The van der Waals surface area contributed by atoms with Gasteiger partial charge in [-0.25, -0.2) is 19.4 Å². The van der Waals surface area contributed by atoms with Crippen molar-refractivity contribution >= 4 is 54.4 Å². The number of nitrogens with one attached hydrogen (secondary N) is 1. The molecule has 1 saturated carbocycles. The molecule has 3 aromatic heterocycles. The lowest BCUT2D eigenvalue weighted by Gasteiger charge is -2.55. The Kier molecular flexibility index (Phi) is 16.4. The van der Waals surface area contributed by atoms with Crippen molar-refractivity contribution in [3.05, 3.63) is 47.5 Å². The van der Waals surface area contributed by atoms with Gasteiger partial charge in [-0.2, -0.15) is 4.37 Å². The molecule has 0 bridgehead atoms. The molecule has 2 amide bonds. The van der Waals surface area contributed by atoms with Crippen LogP contribution in [0.15, 0.2) is 30.5 Å². The minimum absolute atomic E-state index is 0.00867. The van der Waals surface area contributed by atoms with E-state index in [-0.39, 0.29) is 25.4 Å². The summed E-state index contributed by atoms with van der Waals surface area (Å²) in [5.41, 5.74) is 5.17. The zero-order chi connectivity index (χ0) is 52.6. The van der Waals surface area contributed by atoms with Crippen LogP contribution in [0.2, 0.25) is 25.7 Å². The summed E-state index contributed by atoms with van der Waals surface area (Å²) in [5.74, 6) is -0.296. The molecule has 4 aliphatic rings. The van der Waals surface area contributed by atoms with E-state index in [0.29, 0.717) is 50.0 Å². The first-order chi connectivity index (χ1) is 34.6. The Bertz CT molecular complexity index is 2610. The molecule has 1 aliphatic carbocycles. The van der Waals surface area contributed by atoms with Crippen molar-refractivity contribution in [2.75, 3.05) is 77.6 Å². The van der Waals surface area contributed by atoms with Crippen molar-refractivity contribution in [2.24, 2.45) is 5.41 Å². The number of methoxy groups -OCH3 is 1. The monoisotopic (exact) mass is 1040 g/mol. The molecular weight excluding hydrogens is 963 g/mol. The van der Waals surface area contributed by atoms with Gasteiger partial charge in [0.25, 0.3) is 0 Å². The molecular formula is C54H81N9O8SSi. The highest BCUT2D eigenvalue weighted by atomic mass is 32.1. The number of carbonyl (C=O) groups excluding carboxylic acids is 3. The number of amides is 2. The molecule has 400 valence electrons. The lowest BCUT2D eigenvalue weighted by Crippen LogP contribution is -2.71. The number of alkyl carbamates (subject to hydrolysis) is 1. The third-order valence-corrected chi connectivity index (χ3v) is 17.5. The van der Waals surface area contributed by atoms with Crippen LogP contribution in [-0.4, -0.2) is 161 Å². The lowest BCUT2D eigenvalue weighted by atomic mass is 9.84. The SMILES string of the molecule is CCOC(=O)C(NC(=O)OC(C)(C)C)C(c1nsc(-c2ccc3c(c2)c(CC(C)(C)CO)c(-c2cc(N4CCN(C5CC5)CC4)cnc2[C@H](C)OC)n3CC)n1)N1CC2(CCCN2C(=O)OCC[Si](C)(C)C)C1. The summed E-state index contributed by atoms with van der Waals surface area (Å²) < 4.78 is 30.5. The molecule has 8 rings (SSSR count). The predicted octanol–water partition coefficient (Wildman–Crippen LogP) is 8.92. The van der Waals surface area contributed by atoms with Crippen LogP contribution in [0.5, 0.6) is 0 Å². The Morgan fingerprint density at radius 3 is 2.36 bits per heavy atom. The van der Waals surface area contributed by atoms with Crippen molar-refractivity contribution < 1.29 is 38.4 Å². The maximum Gasteiger partial charge on any atom is 0.410 e. The van der Waals surface area contributed by atoms with E-state index >= 15 is 0 Å². The normalized spacial score (nSPS) is 19.0. The molecule has 2 N–H and O–H groups in total. The molecule has 4 fully saturated rings. The first kappa shape index (κ1) is 54.6. The van der Waals surface area contributed by atoms with Crippen molar-refractivity contribution in [2.45, 2.75) is 155 Å². The Morgan fingerprint density at radius 1 is 1.00 bits per heavy atom. The van der Waals surface area contributed by atoms with E-state index < -0.39 is 48.8 Å². The number of aliphatic hydroxyl groups excluding tert-OH is 1. The standard InChI is InChI=1S/C54H81N9O8SSi/c1-13-62-42-19-16-36(28-39(42)41(30-53(7,8)34-64)45(62)40-29-38(31-55-43(40)35(3)68-9)60-24-22-59(23-25-60)37-17-18-37)48-57-47(58-72-48)46(44(49(65)69-14-2)56-50(66)71-52(4,5)6)61-32-54(33-61)20-15-21-63(54)51(67)70-26-27-73(10,11)12/h16,19,28-29,31,35,37,44,46,64H,13-15,17-18,20-27,30,32-34H2,1-12H3,(H,56,66)/t35-,44?,46?/m0/s1. The van der Waals surface area contributed by atoms with Crippen LogP contribution in [0.25, 0.3) is 32.7 Å². The van der Waals surface area contributed by atoms with Crippen molar-refractivity contribution in [3.63, 3.8) is 0 Å². The van der Waals surface area contributed by atoms with Crippen LogP contribution in [0, 0.1) is 5.41 Å². The number of aromatic nitrogens is 4. The predicted molar refractivity (Wildman–Crippen MR) is 289 cm³/mol. The maximum absolute atomic E-state index is 14.1. The van der Waals surface area contributed by atoms with Gasteiger partial charge in [-0.05, 0) is 126 Å². The number of benzene rings is 1. The number of aryl methyl sites for hydroxylation is 1. The van der Waals surface area contributed by atoms with E-state index in [0.717, 1.165) is 95.8 Å². The number of carbonyl (C=O) groups is 3. The summed E-state index contributed by atoms with van der Waals surface area (Å²) in [6.45, 7) is 28.7. The topological polar surface area (TPSA) is 177 Å². The third kappa shape index (κ3) is 12.2. The average Bonchev–Trinajstić information content (AvgIpc) is 3.76. The van der Waals surface area contributed by atoms with Gasteiger partial charge in [0, 0.05) is 102 Å². The zero-order valence-corrected chi connectivity index (χ0v) is 47.3. The number of fused-ring (bicyclic) bond motifs is 1. The number of rotatable bonds is 19. The Morgan fingerprint density at radius 2 is 1.73 bits per heavy atom. The highest BCUT2D eigenvalue weighted by Crippen LogP contribution is 2.46. The number of piperazine rings is 1. The fourth-order valence-corrected chi connectivity index (χ4v) is 12.3. The number of pyridine rings is 1. The number of hydrogen-bond acceptors (Lipinski definition) is 15. The quantitative estimate of drug-likeness (QED) is 0.0517. The van der Waals surface area contributed by atoms with Crippen LogP contribution in [-0.2, 0) is 36.7 Å². The van der Waals surface area contributed by atoms with Gasteiger partial charge in [-0.15, -0.1) is 0 Å². The second-order valence-corrected chi connectivity index (χ2v) is 30.0. The third-order valence-electron chi connectivity index (χ3n) is 15.0. The van der Waals surface area contributed by atoms with E-state index in [9.17, 15) is 19.5 Å². The molecule has 1 spiro atoms. The van der Waals surface area contributed by atoms with E-state index in [1.54, 1.807) is 34.8 Å². The first-order valence-corrected chi connectivity index (χ1v) is 31.0. The van der Waals surface area contributed by atoms with Gasteiger partial charge in [0.2, 0.25) is 0 Å². The van der Waals surface area contributed by atoms with Crippen molar-refractivity contribution in [1.82, 2.24) is 38.9 Å². The molecule has 19 heteroatoms. The minimum Gasteiger partial charge on any atom is -0.464 e. The summed E-state index contributed by atoms with van der Waals surface area (Å²) in [6, 6.07) is 8.19. The molecule has 6 heterocycles. The zero-order valence-electron chi connectivity index (χ0n) is 45.5. The fourth-order valence-electron chi connectivity index (χ4n) is 10.9. The molecule has 1 aromatic carbocycles.